The molecule has 114 valence electrons. The molecule has 1 saturated heterocycles. The minimum Gasteiger partial charge on any atom is -0.478 e. The number of aliphatic carboxylic acids is 1. The summed E-state index contributed by atoms with van der Waals surface area (Å²) in [6, 6.07) is 1.52. The normalized spacial score (nSPS) is 19.0. The molecular weight excluding hydrogens is 274 g/mol. The molecular formula is C14H19N3O4. The van der Waals surface area contributed by atoms with Crippen LogP contribution in [0.2, 0.25) is 0 Å². The molecule has 0 spiro atoms. The second-order valence-corrected chi connectivity index (χ2v) is 5.02. The zero-order valence-corrected chi connectivity index (χ0v) is 12.2. The molecule has 0 bridgehead atoms. The number of methoxy groups -OCH3 is 1. The first-order chi connectivity index (χ1) is 10.0. The van der Waals surface area contributed by atoms with Crippen LogP contribution in [-0.2, 0) is 16.1 Å². The molecule has 0 amide bonds. The van der Waals surface area contributed by atoms with Gasteiger partial charge in [0.2, 0.25) is 0 Å². The van der Waals surface area contributed by atoms with Crippen LogP contribution in [0.3, 0.4) is 0 Å². The molecule has 7 nitrogen and oxygen atoms in total. The maximum absolute atomic E-state index is 12.0. The van der Waals surface area contributed by atoms with Crippen molar-refractivity contribution >= 4 is 11.7 Å². The molecule has 2 rings (SSSR count). The van der Waals surface area contributed by atoms with Crippen molar-refractivity contribution in [1.29, 1.82) is 0 Å². The Bertz CT molecular complexity index is 608. The third-order valence-corrected chi connectivity index (χ3v) is 3.61. The van der Waals surface area contributed by atoms with Gasteiger partial charge in [-0.2, -0.15) is 5.10 Å². The van der Waals surface area contributed by atoms with Crippen molar-refractivity contribution in [3.8, 4) is 0 Å². The molecule has 0 aliphatic carbocycles. The summed E-state index contributed by atoms with van der Waals surface area (Å²) in [6.07, 6.45) is 4.21. The van der Waals surface area contributed by atoms with Gasteiger partial charge in [-0.15, -0.1) is 0 Å². The van der Waals surface area contributed by atoms with E-state index in [9.17, 15) is 9.59 Å². The SMILES string of the molecule is COC1CCN(c2cnn(C/C=C(/C)C(=O)O)c(=O)c2)C1. The zero-order valence-electron chi connectivity index (χ0n) is 12.2. The van der Waals surface area contributed by atoms with Crippen LogP contribution in [0.5, 0.6) is 0 Å². The first-order valence-corrected chi connectivity index (χ1v) is 6.76. The summed E-state index contributed by atoms with van der Waals surface area (Å²) >= 11 is 0. The number of nitrogens with zero attached hydrogens (tertiary/aromatic N) is 3. The Morgan fingerprint density at radius 2 is 2.38 bits per heavy atom. The van der Waals surface area contributed by atoms with E-state index in [0.717, 1.165) is 25.2 Å². The van der Waals surface area contributed by atoms with Gasteiger partial charge in [-0.05, 0) is 13.3 Å². The van der Waals surface area contributed by atoms with Crippen LogP contribution in [0.1, 0.15) is 13.3 Å². The van der Waals surface area contributed by atoms with Crippen LogP contribution < -0.4 is 10.5 Å². The van der Waals surface area contributed by atoms with Gasteiger partial charge in [0.1, 0.15) is 0 Å². The topological polar surface area (TPSA) is 84.7 Å². The quantitative estimate of drug-likeness (QED) is 0.796. The smallest absolute Gasteiger partial charge is 0.331 e. The Morgan fingerprint density at radius 3 is 2.95 bits per heavy atom. The highest BCUT2D eigenvalue weighted by molar-refractivity contribution is 5.85. The molecule has 1 N–H and O–H groups in total. The average Bonchev–Trinajstić information content (AvgIpc) is 2.94. The van der Waals surface area contributed by atoms with Gasteiger partial charge in [0.05, 0.1) is 24.5 Å². The van der Waals surface area contributed by atoms with E-state index in [1.54, 1.807) is 13.3 Å². The van der Waals surface area contributed by atoms with Gasteiger partial charge in [-0.25, -0.2) is 9.48 Å². The minimum absolute atomic E-state index is 0.151. The first-order valence-electron chi connectivity index (χ1n) is 6.76. The molecule has 2 heterocycles. The van der Waals surface area contributed by atoms with Crippen molar-refractivity contribution in [3.05, 3.63) is 34.3 Å². The van der Waals surface area contributed by atoms with E-state index in [1.807, 2.05) is 0 Å². The predicted octanol–water partition coefficient (Wildman–Crippen LogP) is 0.499. The van der Waals surface area contributed by atoms with Crippen LogP contribution in [0, 0.1) is 0 Å². The second kappa shape index (κ2) is 6.53. The largest absolute Gasteiger partial charge is 0.478 e. The molecule has 1 atom stereocenters. The Kier molecular flexibility index (Phi) is 4.74. The van der Waals surface area contributed by atoms with Crippen molar-refractivity contribution in [3.63, 3.8) is 0 Å². The Morgan fingerprint density at radius 1 is 1.62 bits per heavy atom. The fourth-order valence-electron chi connectivity index (χ4n) is 2.20. The molecule has 1 unspecified atom stereocenters. The summed E-state index contributed by atoms with van der Waals surface area (Å²) in [5, 5.41) is 12.9. The standard InChI is InChI=1S/C14H19N3O4/c1-10(14(19)20)3-6-17-13(18)7-11(8-15-17)16-5-4-12(9-16)21-2/h3,7-8,12H,4-6,9H2,1-2H3,(H,19,20)/b10-3-. The van der Waals surface area contributed by atoms with Crippen molar-refractivity contribution in [2.24, 2.45) is 0 Å². The Balaban J connectivity index is 2.10. The maximum atomic E-state index is 12.0. The number of hydrogen-bond acceptors (Lipinski definition) is 5. The van der Waals surface area contributed by atoms with Crippen molar-refractivity contribution in [2.45, 2.75) is 26.0 Å². The number of carboxylic acid groups (broad SMARTS) is 1. The fourth-order valence-corrected chi connectivity index (χ4v) is 2.20. The third kappa shape index (κ3) is 3.69. The van der Waals surface area contributed by atoms with E-state index in [4.69, 9.17) is 9.84 Å². The molecule has 21 heavy (non-hydrogen) atoms. The molecule has 7 heteroatoms. The second-order valence-electron chi connectivity index (χ2n) is 5.02. The Hall–Kier alpha value is -2.15. The average molecular weight is 293 g/mol. The maximum Gasteiger partial charge on any atom is 0.331 e. The van der Waals surface area contributed by atoms with Crippen LogP contribution in [0.4, 0.5) is 5.69 Å². The zero-order chi connectivity index (χ0) is 15.4. The van der Waals surface area contributed by atoms with Gasteiger partial charge in [0.15, 0.2) is 0 Å². The van der Waals surface area contributed by atoms with Crippen molar-refractivity contribution < 1.29 is 14.6 Å². The van der Waals surface area contributed by atoms with Gasteiger partial charge in [-0.1, -0.05) is 6.08 Å². The van der Waals surface area contributed by atoms with Gasteiger partial charge in [0, 0.05) is 31.8 Å². The van der Waals surface area contributed by atoms with E-state index in [-0.39, 0.29) is 23.8 Å². The lowest BCUT2D eigenvalue weighted by molar-refractivity contribution is -0.132. The molecule has 1 aromatic rings. The van der Waals surface area contributed by atoms with Crippen molar-refractivity contribution in [2.75, 3.05) is 25.1 Å². The number of carboxylic acids is 1. The summed E-state index contributed by atoms with van der Waals surface area (Å²) in [6.45, 7) is 3.22. The number of anilines is 1. The molecule has 0 aromatic carbocycles. The molecule has 1 aliphatic heterocycles. The minimum atomic E-state index is -0.998. The van der Waals surface area contributed by atoms with Crippen LogP contribution in [0.25, 0.3) is 0 Å². The highest BCUT2D eigenvalue weighted by Crippen LogP contribution is 2.19. The number of rotatable bonds is 5. The van der Waals surface area contributed by atoms with E-state index in [0.29, 0.717) is 0 Å². The number of aromatic nitrogens is 2. The highest BCUT2D eigenvalue weighted by Gasteiger charge is 2.22. The predicted molar refractivity (Wildman–Crippen MR) is 77.5 cm³/mol. The molecule has 1 aliphatic rings. The van der Waals surface area contributed by atoms with Crippen LogP contribution >= 0.6 is 0 Å². The fraction of sp³-hybridized carbons (Fsp3) is 0.500. The van der Waals surface area contributed by atoms with Gasteiger partial charge in [0.25, 0.3) is 5.56 Å². The van der Waals surface area contributed by atoms with E-state index in [2.05, 4.69) is 10.00 Å². The van der Waals surface area contributed by atoms with E-state index >= 15 is 0 Å². The van der Waals surface area contributed by atoms with Gasteiger partial charge in [-0.3, -0.25) is 4.79 Å². The summed E-state index contributed by atoms with van der Waals surface area (Å²) in [4.78, 5) is 24.8. The highest BCUT2D eigenvalue weighted by atomic mass is 16.5. The van der Waals surface area contributed by atoms with Crippen molar-refractivity contribution in [1.82, 2.24) is 9.78 Å². The lowest BCUT2D eigenvalue weighted by atomic mass is 10.3. The summed E-state index contributed by atoms with van der Waals surface area (Å²) in [5.74, 6) is -0.998. The summed E-state index contributed by atoms with van der Waals surface area (Å²) in [7, 11) is 1.68. The number of hydrogen-bond donors (Lipinski definition) is 1. The van der Waals surface area contributed by atoms with Gasteiger partial charge >= 0.3 is 5.97 Å². The lowest BCUT2D eigenvalue weighted by Gasteiger charge is -2.17. The molecule has 1 aromatic heterocycles. The van der Waals surface area contributed by atoms with E-state index in [1.165, 1.54) is 23.7 Å². The lowest BCUT2D eigenvalue weighted by Crippen LogP contribution is -2.27. The monoisotopic (exact) mass is 293 g/mol. The van der Waals surface area contributed by atoms with Crippen LogP contribution in [0.15, 0.2) is 28.7 Å². The third-order valence-electron chi connectivity index (χ3n) is 3.61. The summed E-state index contributed by atoms with van der Waals surface area (Å²) in [5.41, 5.74) is 0.716. The number of ether oxygens (including phenoxy) is 1. The summed E-state index contributed by atoms with van der Waals surface area (Å²) < 4.78 is 6.53. The molecule has 1 fully saturated rings. The van der Waals surface area contributed by atoms with Crippen LogP contribution in [-0.4, -0.2) is 47.2 Å². The number of carbonyl (C=O) groups is 1. The number of allylic oxidation sites excluding steroid dienone is 1. The first kappa shape index (κ1) is 15.2. The molecule has 0 saturated carbocycles. The van der Waals surface area contributed by atoms with E-state index < -0.39 is 5.97 Å². The molecule has 0 radical (unpaired) electrons. The van der Waals surface area contributed by atoms with Gasteiger partial charge < -0.3 is 14.7 Å². The Labute approximate surface area is 122 Å².